The van der Waals surface area contributed by atoms with E-state index in [0.29, 0.717) is 28.8 Å². The first kappa shape index (κ1) is 24.2. The Kier molecular flexibility index (Phi) is 8.18. The first-order chi connectivity index (χ1) is 16.6. The van der Waals surface area contributed by atoms with Crippen molar-refractivity contribution in [1.82, 2.24) is 4.90 Å². The summed E-state index contributed by atoms with van der Waals surface area (Å²) in [6.45, 7) is 0.547. The van der Waals surface area contributed by atoms with E-state index in [-0.39, 0.29) is 6.61 Å². The van der Waals surface area contributed by atoms with E-state index in [1.807, 2.05) is 60.7 Å². The molecule has 6 nitrogen and oxygen atoms in total. The van der Waals surface area contributed by atoms with Crippen LogP contribution >= 0.6 is 22.6 Å². The molecule has 0 aromatic heterocycles. The lowest BCUT2D eigenvalue weighted by Crippen LogP contribution is -2.41. The highest BCUT2D eigenvalue weighted by Gasteiger charge is 2.43. The summed E-state index contributed by atoms with van der Waals surface area (Å²) in [6, 6.07) is 25.8. The predicted molar refractivity (Wildman–Crippen MR) is 137 cm³/mol. The van der Waals surface area contributed by atoms with Gasteiger partial charge in [0.2, 0.25) is 5.91 Å². The molecule has 3 aromatic rings. The minimum Gasteiger partial charge on any atom is -0.489 e. The fourth-order valence-electron chi connectivity index (χ4n) is 4.03. The van der Waals surface area contributed by atoms with Crippen molar-refractivity contribution in [3.05, 3.63) is 102 Å². The molecule has 1 heterocycles. The van der Waals surface area contributed by atoms with Crippen molar-refractivity contribution >= 4 is 34.6 Å². The van der Waals surface area contributed by atoms with E-state index in [4.69, 9.17) is 9.47 Å². The molecule has 3 atom stereocenters. The zero-order valence-electron chi connectivity index (χ0n) is 18.5. The molecule has 0 unspecified atom stereocenters. The minimum atomic E-state index is -1.06. The Bertz CT molecular complexity index is 1090. The molecule has 1 aliphatic heterocycles. The topological polar surface area (TPSA) is 76.1 Å². The van der Waals surface area contributed by atoms with Crippen LogP contribution in [0.1, 0.15) is 35.3 Å². The number of aliphatic hydroxyl groups excluding tert-OH is 1. The largest absolute Gasteiger partial charge is 0.489 e. The van der Waals surface area contributed by atoms with Crippen molar-refractivity contribution in [2.24, 2.45) is 5.92 Å². The van der Waals surface area contributed by atoms with E-state index < -0.39 is 30.1 Å². The van der Waals surface area contributed by atoms with Crippen molar-refractivity contribution < 1.29 is 24.2 Å². The van der Waals surface area contributed by atoms with Gasteiger partial charge in [-0.25, -0.2) is 9.69 Å². The highest BCUT2D eigenvalue weighted by molar-refractivity contribution is 14.1. The number of amides is 2. The van der Waals surface area contributed by atoms with Crippen molar-refractivity contribution in [3.63, 3.8) is 0 Å². The van der Waals surface area contributed by atoms with Gasteiger partial charge in [0, 0.05) is 4.43 Å². The van der Waals surface area contributed by atoms with Gasteiger partial charge in [0.1, 0.15) is 25.0 Å². The number of hydrogen-bond donors (Lipinski definition) is 1. The van der Waals surface area contributed by atoms with Crippen LogP contribution in [0.15, 0.2) is 84.9 Å². The fourth-order valence-corrected chi connectivity index (χ4v) is 4.70. The van der Waals surface area contributed by atoms with Gasteiger partial charge in [0.15, 0.2) is 0 Å². The average Bonchev–Trinajstić information content (AvgIpc) is 3.28. The van der Waals surface area contributed by atoms with Crippen LogP contribution in [0.2, 0.25) is 0 Å². The highest BCUT2D eigenvalue weighted by atomic mass is 127. The maximum atomic E-state index is 13.5. The lowest BCUT2D eigenvalue weighted by molar-refractivity contribution is -0.137. The third-order valence-electron chi connectivity index (χ3n) is 5.88. The quantitative estimate of drug-likeness (QED) is 0.273. The average molecular weight is 571 g/mol. The van der Waals surface area contributed by atoms with Gasteiger partial charge in [-0.3, -0.25) is 4.79 Å². The van der Waals surface area contributed by atoms with E-state index in [9.17, 15) is 14.7 Å². The third kappa shape index (κ3) is 5.59. The standard InChI is InChI=1S/C27H26INO5/c28-16-15-23(26(31)29-24(18-34-27(29)32)20-9-5-2-6-10-20)25(30)21-11-13-22(14-12-21)33-17-19-7-3-1-4-8-19/h1-14,23-25,30H,15-18H2/t23-,24-,25-/m1/s1. The summed E-state index contributed by atoms with van der Waals surface area (Å²) in [5.74, 6) is -0.529. The molecule has 0 aliphatic carbocycles. The number of ether oxygens (including phenoxy) is 2. The molecule has 0 bridgehead atoms. The number of carbonyl (C=O) groups is 2. The van der Waals surface area contributed by atoms with Crippen molar-refractivity contribution in [3.8, 4) is 5.75 Å². The van der Waals surface area contributed by atoms with Crippen LogP contribution in [0.3, 0.4) is 0 Å². The second-order valence-electron chi connectivity index (χ2n) is 8.08. The molecule has 1 fully saturated rings. The monoisotopic (exact) mass is 571 g/mol. The lowest BCUT2D eigenvalue weighted by Gasteiger charge is -2.28. The molecule has 0 radical (unpaired) electrons. The van der Waals surface area contributed by atoms with Crippen LogP contribution in [0.25, 0.3) is 0 Å². The number of aliphatic hydroxyl groups is 1. The SMILES string of the molecule is O=C1OC[C@H](c2ccccc2)N1C(=O)[C@H](CCI)[C@H](O)c1ccc(OCc2ccccc2)cc1. The van der Waals surface area contributed by atoms with Gasteiger partial charge in [0.25, 0.3) is 0 Å². The number of imide groups is 1. The van der Waals surface area contributed by atoms with Crippen LogP contribution in [0.4, 0.5) is 4.79 Å². The first-order valence-electron chi connectivity index (χ1n) is 11.1. The van der Waals surface area contributed by atoms with Gasteiger partial charge in [0.05, 0.1) is 12.0 Å². The molecule has 1 saturated heterocycles. The maximum absolute atomic E-state index is 13.5. The Hall–Kier alpha value is -2.91. The molecule has 0 saturated carbocycles. The Morgan fingerprint density at radius 1 is 1.03 bits per heavy atom. The summed E-state index contributed by atoms with van der Waals surface area (Å²) in [6.07, 6.45) is -1.30. The molecule has 4 rings (SSSR count). The van der Waals surface area contributed by atoms with Crippen LogP contribution in [0, 0.1) is 5.92 Å². The van der Waals surface area contributed by atoms with Gasteiger partial charge in [-0.15, -0.1) is 0 Å². The zero-order chi connectivity index (χ0) is 23.9. The third-order valence-corrected chi connectivity index (χ3v) is 6.51. The molecule has 3 aromatic carbocycles. The van der Waals surface area contributed by atoms with E-state index >= 15 is 0 Å². The van der Waals surface area contributed by atoms with Crippen molar-refractivity contribution in [1.29, 1.82) is 0 Å². The second kappa shape index (κ2) is 11.5. The lowest BCUT2D eigenvalue weighted by atomic mass is 9.91. The van der Waals surface area contributed by atoms with Gasteiger partial charge in [-0.05, 0) is 35.2 Å². The Labute approximate surface area is 212 Å². The summed E-state index contributed by atoms with van der Waals surface area (Å²) >= 11 is 2.18. The molecule has 7 heteroatoms. The Balaban J connectivity index is 1.48. The Morgan fingerprint density at radius 3 is 2.32 bits per heavy atom. The number of alkyl halides is 1. The van der Waals surface area contributed by atoms with Gasteiger partial charge in [-0.2, -0.15) is 0 Å². The predicted octanol–water partition coefficient (Wildman–Crippen LogP) is 5.46. The summed E-state index contributed by atoms with van der Waals surface area (Å²) in [4.78, 5) is 27.2. The summed E-state index contributed by atoms with van der Waals surface area (Å²) in [5, 5.41) is 11.1. The van der Waals surface area contributed by atoms with Crippen LogP contribution < -0.4 is 4.74 Å². The molecule has 34 heavy (non-hydrogen) atoms. The normalized spacial score (nSPS) is 17.2. The van der Waals surface area contributed by atoms with E-state index in [1.54, 1.807) is 24.3 Å². The summed E-state index contributed by atoms with van der Waals surface area (Å²) in [5.41, 5.74) is 2.48. The fraction of sp³-hybridized carbons (Fsp3) is 0.259. The smallest absolute Gasteiger partial charge is 0.417 e. The van der Waals surface area contributed by atoms with Crippen LogP contribution in [0.5, 0.6) is 5.75 Å². The number of cyclic esters (lactones) is 1. The summed E-state index contributed by atoms with van der Waals surface area (Å²) in [7, 11) is 0. The molecular formula is C27H26INO5. The van der Waals surface area contributed by atoms with Crippen molar-refractivity contribution in [2.45, 2.75) is 25.2 Å². The molecular weight excluding hydrogens is 545 g/mol. The molecule has 1 N–H and O–H groups in total. The van der Waals surface area contributed by atoms with Crippen LogP contribution in [-0.4, -0.2) is 33.0 Å². The van der Waals surface area contributed by atoms with Crippen molar-refractivity contribution in [2.75, 3.05) is 11.0 Å². The van der Waals surface area contributed by atoms with E-state index in [0.717, 1.165) is 16.0 Å². The molecule has 0 spiro atoms. The number of benzene rings is 3. The second-order valence-corrected chi connectivity index (χ2v) is 9.16. The number of nitrogens with zero attached hydrogens (tertiary/aromatic N) is 1. The molecule has 2 amide bonds. The summed E-state index contributed by atoms with van der Waals surface area (Å²) < 4.78 is 11.7. The van der Waals surface area contributed by atoms with E-state index in [1.165, 1.54) is 0 Å². The maximum Gasteiger partial charge on any atom is 0.417 e. The Morgan fingerprint density at radius 2 is 1.68 bits per heavy atom. The first-order valence-corrected chi connectivity index (χ1v) is 12.7. The molecule has 1 aliphatic rings. The van der Waals surface area contributed by atoms with Gasteiger partial charge >= 0.3 is 6.09 Å². The van der Waals surface area contributed by atoms with Gasteiger partial charge < -0.3 is 14.6 Å². The highest BCUT2D eigenvalue weighted by Crippen LogP contribution is 2.34. The number of hydrogen-bond acceptors (Lipinski definition) is 5. The van der Waals surface area contributed by atoms with Gasteiger partial charge in [-0.1, -0.05) is 95.4 Å². The number of carbonyl (C=O) groups excluding carboxylic acids is 2. The zero-order valence-corrected chi connectivity index (χ0v) is 20.7. The van der Waals surface area contributed by atoms with Crippen LogP contribution in [-0.2, 0) is 16.1 Å². The minimum absolute atomic E-state index is 0.106. The number of halogens is 1. The van der Waals surface area contributed by atoms with E-state index in [2.05, 4.69) is 22.6 Å². The molecule has 176 valence electrons. The number of rotatable bonds is 9.